The zero-order valence-electron chi connectivity index (χ0n) is 16.5. The Hall–Kier alpha value is -2.94. The Morgan fingerprint density at radius 3 is 2.93 bits per heavy atom. The van der Waals surface area contributed by atoms with Crippen LogP contribution >= 0.6 is 0 Å². The zero-order valence-corrected chi connectivity index (χ0v) is 16.5. The van der Waals surface area contributed by atoms with E-state index in [1.54, 1.807) is 25.5 Å². The van der Waals surface area contributed by atoms with Crippen LogP contribution in [0.15, 0.2) is 30.9 Å². The highest BCUT2D eigenvalue weighted by Crippen LogP contribution is 2.27. The molecule has 29 heavy (non-hydrogen) atoms. The van der Waals surface area contributed by atoms with E-state index in [9.17, 15) is 9.90 Å². The Balaban J connectivity index is 1.45. The van der Waals surface area contributed by atoms with Gasteiger partial charge >= 0.3 is 5.97 Å². The molecule has 2 N–H and O–H groups in total. The molecule has 1 fully saturated rings. The number of anilines is 2. The predicted octanol–water partition coefficient (Wildman–Crippen LogP) is 2.49. The lowest BCUT2D eigenvalue weighted by molar-refractivity contribution is -0.144. The first-order valence-electron chi connectivity index (χ1n) is 10.1. The molecule has 1 aliphatic rings. The Morgan fingerprint density at radius 1 is 1.31 bits per heavy atom. The van der Waals surface area contributed by atoms with Crippen LogP contribution < -0.4 is 5.32 Å². The van der Waals surface area contributed by atoms with E-state index in [1.165, 1.54) is 4.68 Å². The van der Waals surface area contributed by atoms with Gasteiger partial charge in [-0.1, -0.05) is 0 Å². The van der Waals surface area contributed by atoms with Crippen molar-refractivity contribution in [3.63, 3.8) is 0 Å². The molecule has 0 bridgehead atoms. The summed E-state index contributed by atoms with van der Waals surface area (Å²) in [5.74, 6) is 0.710. The smallest absolute Gasteiger partial charge is 0.327 e. The summed E-state index contributed by atoms with van der Waals surface area (Å²) in [5, 5.41) is 18.0. The summed E-state index contributed by atoms with van der Waals surface area (Å²) < 4.78 is 8.61. The molecule has 0 spiro atoms. The molecule has 3 aromatic heterocycles. The number of nitrogens with one attached hydrogen (secondary N) is 1. The minimum absolute atomic E-state index is 0.0638. The van der Waals surface area contributed by atoms with Crippen LogP contribution in [0, 0.1) is 5.92 Å². The monoisotopic (exact) mass is 398 g/mol. The lowest BCUT2D eigenvalue weighted by atomic mass is 9.87. The minimum Gasteiger partial charge on any atom is -0.465 e. The van der Waals surface area contributed by atoms with Crippen molar-refractivity contribution in [3.05, 3.63) is 30.9 Å². The molecule has 0 amide bonds. The number of carbonyl (C=O) groups is 1. The van der Waals surface area contributed by atoms with Crippen molar-refractivity contribution < 1.29 is 14.6 Å². The Kier molecular flexibility index (Phi) is 5.75. The molecule has 9 heteroatoms. The second kappa shape index (κ2) is 8.60. The number of carbonyl (C=O) groups excluding carboxylic acids is 1. The van der Waals surface area contributed by atoms with E-state index in [2.05, 4.69) is 25.0 Å². The first-order valence-corrected chi connectivity index (χ1v) is 10.1. The molecule has 0 saturated heterocycles. The van der Waals surface area contributed by atoms with E-state index >= 15 is 0 Å². The van der Waals surface area contributed by atoms with Gasteiger partial charge in [-0.15, -0.1) is 0 Å². The number of aliphatic hydroxyl groups excluding tert-OH is 1. The second-order valence-corrected chi connectivity index (χ2v) is 7.47. The van der Waals surface area contributed by atoms with Crippen LogP contribution in [0.3, 0.4) is 0 Å². The van der Waals surface area contributed by atoms with Gasteiger partial charge in [0.25, 0.3) is 0 Å². The number of hydrogen-bond donors (Lipinski definition) is 2. The van der Waals surface area contributed by atoms with Gasteiger partial charge in [-0.25, -0.2) is 4.98 Å². The third-order valence-corrected chi connectivity index (χ3v) is 5.26. The third-order valence-electron chi connectivity index (χ3n) is 5.26. The van der Waals surface area contributed by atoms with Crippen molar-refractivity contribution in [2.45, 2.75) is 51.8 Å². The number of aliphatic hydroxyl groups is 1. The maximum atomic E-state index is 11.6. The van der Waals surface area contributed by atoms with Gasteiger partial charge in [0.2, 0.25) is 5.95 Å². The average Bonchev–Trinajstić information content (AvgIpc) is 3.31. The van der Waals surface area contributed by atoms with E-state index in [4.69, 9.17) is 4.74 Å². The van der Waals surface area contributed by atoms with Gasteiger partial charge in [-0.05, 0) is 44.6 Å². The summed E-state index contributed by atoms with van der Waals surface area (Å²) in [5.41, 5.74) is 1.58. The Morgan fingerprint density at radius 2 is 2.14 bits per heavy atom. The summed E-state index contributed by atoms with van der Waals surface area (Å²) >= 11 is 0. The minimum atomic E-state index is -0.326. The lowest BCUT2D eigenvalue weighted by Crippen LogP contribution is -2.21. The summed E-state index contributed by atoms with van der Waals surface area (Å²) in [6, 6.07) is 2.02. The maximum Gasteiger partial charge on any atom is 0.327 e. The Labute approximate surface area is 168 Å². The van der Waals surface area contributed by atoms with Crippen LogP contribution in [0.5, 0.6) is 0 Å². The number of aromatic nitrogens is 5. The molecular weight excluding hydrogens is 372 g/mol. The normalized spacial score (nSPS) is 19.4. The van der Waals surface area contributed by atoms with Crippen LogP contribution in [-0.4, -0.2) is 48.1 Å². The van der Waals surface area contributed by atoms with Crippen molar-refractivity contribution in [3.8, 4) is 0 Å². The molecule has 0 aliphatic heterocycles. The number of rotatable bonds is 7. The number of hydrogen-bond acceptors (Lipinski definition) is 7. The third kappa shape index (κ3) is 4.73. The topological polar surface area (TPSA) is 107 Å². The van der Waals surface area contributed by atoms with Gasteiger partial charge in [-0.3, -0.25) is 9.48 Å². The first kappa shape index (κ1) is 19.4. The molecule has 4 rings (SSSR count). The second-order valence-electron chi connectivity index (χ2n) is 7.47. The van der Waals surface area contributed by atoms with Gasteiger partial charge in [0.1, 0.15) is 12.2 Å². The molecular formula is C20H26N6O3. The average molecular weight is 398 g/mol. The molecule has 1 saturated carbocycles. The summed E-state index contributed by atoms with van der Waals surface area (Å²) in [7, 11) is 0. The largest absolute Gasteiger partial charge is 0.465 e. The van der Waals surface area contributed by atoms with Crippen molar-refractivity contribution in [2.75, 3.05) is 11.9 Å². The molecule has 9 nitrogen and oxygen atoms in total. The van der Waals surface area contributed by atoms with Gasteiger partial charge in [0, 0.05) is 30.5 Å². The molecule has 0 unspecified atom stereocenters. The van der Waals surface area contributed by atoms with Crippen LogP contribution in [0.1, 0.15) is 32.6 Å². The van der Waals surface area contributed by atoms with Crippen molar-refractivity contribution in [1.82, 2.24) is 24.3 Å². The number of nitrogens with zero attached hydrogens (tertiary/aromatic N) is 5. The van der Waals surface area contributed by atoms with E-state index in [0.29, 0.717) is 24.2 Å². The Bertz CT molecular complexity index is 974. The van der Waals surface area contributed by atoms with Gasteiger partial charge < -0.3 is 19.7 Å². The van der Waals surface area contributed by atoms with Gasteiger partial charge in [-0.2, -0.15) is 10.1 Å². The highest BCUT2D eigenvalue weighted by molar-refractivity contribution is 5.76. The van der Waals surface area contributed by atoms with Crippen LogP contribution in [0.4, 0.5) is 11.6 Å². The highest BCUT2D eigenvalue weighted by Gasteiger charge is 2.20. The fourth-order valence-corrected chi connectivity index (χ4v) is 3.77. The summed E-state index contributed by atoms with van der Waals surface area (Å²) in [4.78, 5) is 20.6. The van der Waals surface area contributed by atoms with E-state index < -0.39 is 0 Å². The van der Waals surface area contributed by atoms with E-state index in [-0.39, 0.29) is 18.6 Å². The molecule has 154 valence electrons. The standard InChI is InChI=1S/C20H26N6O3/c1-2-29-18(28)13-26-12-16(10-22-26)23-20-21-9-15-7-8-25(19(15)24-20)11-14-3-5-17(27)6-4-14/h7-10,12,14,17,27H,2-6,11,13H2,1H3,(H,21,23,24)/t14-,17-. The van der Waals surface area contributed by atoms with Gasteiger partial charge in [0.15, 0.2) is 0 Å². The zero-order chi connectivity index (χ0) is 20.2. The quantitative estimate of drug-likeness (QED) is 0.589. The first-order chi connectivity index (χ1) is 14.1. The van der Waals surface area contributed by atoms with E-state index in [1.807, 2.05) is 12.3 Å². The highest BCUT2D eigenvalue weighted by atomic mass is 16.5. The summed E-state index contributed by atoms with van der Waals surface area (Å²) in [6.07, 6.45) is 10.9. The van der Waals surface area contributed by atoms with Crippen LogP contribution in [-0.2, 0) is 22.6 Å². The number of esters is 1. The molecule has 1 aliphatic carbocycles. The van der Waals surface area contributed by atoms with E-state index in [0.717, 1.165) is 43.3 Å². The molecule has 3 aromatic rings. The SMILES string of the molecule is CCOC(=O)Cn1cc(Nc2ncc3ccn(C[C@H]4CC[C@H](O)CC4)c3n2)cn1. The maximum absolute atomic E-state index is 11.6. The molecule has 3 heterocycles. The van der Waals surface area contributed by atoms with Gasteiger partial charge in [0.05, 0.1) is 24.6 Å². The fourth-order valence-electron chi connectivity index (χ4n) is 3.77. The van der Waals surface area contributed by atoms with Crippen LogP contribution in [0.25, 0.3) is 11.0 Å². The van der Waals surface area contributed by atoms with Crippen molar-refractivity contribution in [1.29, 1.82) is 0 Å². The molecule has 0 aromatic carbocycles. The van der Waals surface area contributed by atoms with Crippen molar-refractivity contribution in [2.24, 2.45) is 5.92 Å². The fraction of sp³-hybridized carbons (Fsp3) is 0.500. The van der Waals surface area contributed by atoms with Crippen LogP contribution in [0.2, 0.25) is 0 Å². The van der Waals surface area contributed by atoms with Crippen molar-refractivity contribution >= 4 is 28.6 Å². The predicted molar refractivity (Wildman–Crippen MR) is 108 cm³/mol. The molecule has 0 atom stereocenters. The molecule has 0 radical (unpaired) electrons. The summed E-state index contributed by atoms with van der Waals surface area (Å²) in [6.45, 7) is 3.08. The lowest BCUT2D eigenvalue weighted by Gasteiger charge is -2.25. The number of fused-ring (bicyclic) bond motifs is 1. The number of ether oxygens (including phenoxy) is 1.